The lowest BCUT2D eigenvalue weighted by Gasteiger charge is -2.32. The number of benzene rings is 1. The van der Waals surface area contributed by atoms with Gasteiger partial charge in [0.2, 0.25) is 0 Å². The third kappa shape index (κ3) is 3.84. The molecule has 0 aliphatic carbocycles. The van der Waals surface area contributed by atoms with E-state index in [4.69, 9.17) is 9.47 Å². The van der Waals surface area contributed by atoms with Crippen LogP contribution in [0.3, 0.4) is 0 Å². The van der Waals surface area contributed by atoms with Crippen molar-refractivity contribution in [1.29, 1.82) is 0 Å². The van der Waals surface area contributed by atoms with E-state index < -0.39 is 14.2 Å². The average Bonchev–Trinajstić information content (AvgIpc) is 2.81. The maximum atomic E-state index is 12.6. The van der Waals surface area contributed by atoms with Gasteiger partial charge in [-0.2, -0.15) is 0 Å². The van der Waals surface area contributed by atoms with Gasteiger partial charge >= 0.3 is 6.09 Å². The minimum absolute atomic E-state index is 0.0196. The average molecular weight is 336 g/mol. The number of carbonyl (C=O) groups is 2. The Hall–Kier alpha value is -2.02. The van der Waals surface area contributed by atoms with Crippen molar-refractivity contribution in [1.82, 2.24) is 10.2 Å². The van der Waals surface area contributed by atoms with Crippen LogP contribution in [0.2, 0.25) is 19.6 Å². The van der Waals surface area contributed by atoms with Gasteiger partial charge in [0.1, 0.15) is 5.75 Å². The summed E-state index contributed by atoms with van der Waals surface area (Å²) < 4.78 is 9.90. The van der Waals surface area contributed by atoms with Gasteiger partial charge in [-0.15, -0.1) is 0 Å². The molecule has 0 saturated carbocycles. The molecule has 2 amide bonds. The summed E-state index contributed by atoms with van der Waals surface area (Å²) in [5, 5.41) is 2.89. The Morgan fingerprint density at radius 2 is 2.04 bits per heavy atom. The van der Waals surface area contributed by atoms with Crippen LogP contribution in [0, 0.1) is 0 Å². The maximum absolute atomic E-state index is 12.6. The first-order valence-corrected chi connectivity index (χ1v) is 11.1. The lowest BCUT2D eigenvalue weighted by atomic mass is 10.1. The minimum Gasteiger partial charge on any atom is -0.497 e. The molecule has 0 unspecified atom stereocenters. The highest BCUT2D eigenvalue weighted by atomic mass is 28.3. The fourth-order valence-corrected chi connectivity index (χ4v) is 3.89. The molecule has 0 spiro atoms. The zero-order chi connectivity index (χ0) is 17.2. The summed E-state index contributed by atoms with van der Waals surface area (Å²) in [4.78, 5) is 26.0. The topological polar surface area (TPSA) is 67.9 Å². The molecule has 1 atom stereocenters. The highest BCUT2D eigenvalue weighted by molar-refractivity contribution is 6.77. The van der Waals surface area contributed by atoms with Gasteiger partial charge in [-0.25, -0.2) is 4.79 Å². The Kier molecular flexibility index (Phi) is 4.99. The molecule has 0 saturated heterocycles. The van der Waals surface area contributed by atoms with E-state index in [9.17, 15) is 9.59 Å². The minimum atomic E-state index is -1.71. The molecular weight excluding hydrogens is 312 g/mol. The van der Waals surface area contributed by atoms with E-state index in [2.05, 4.69) is 25.0 Å². The first kappa shape index (κ1) is 17.3. The number of methoxy groups -OCH3 is 2. The summed E-state index contributed by atoms with van der Waals surface area (Å²) in [6.45, 7) is 7.52. The lowest BCUT2D eigenvalue weighted by Crippen LogP contribution is -2.56. The highest BCUT2D eigenvalue weighted by Crippen LogP contribution is 2.27. The SMILES string of the molecule is COC(=O)N[C@@H](CN1Cc2ccc(OC)cc2C1=O)[Si](C)(C)C. The van der Waals surface area contributed by atoms with Gasteiger partial charge in [0.25, 0.3) is 5.91 Å². The molecule has 7 heteroatoms. The Balaban J connectivity index is 2.16. The second kappa shape index (κ2) is 6.62. The Morgan fingerprint density at radius 3 is 2.61 bits per heavy atom. The predicted octanol–water partition coefficient (Wildman–Crippen LogP) is 2.25. The fraction of sp³-hybridized carbons (Fsp3) is 0.500. The molecule has 1 heterocycles. The van der Waals surface area contributed by atoms with E-state index in [1.807, 2.05) is 12.1 Å². The van der Waals surface area contributed by atoms with Crippen molar-refractivity contribution in [2.75, 3.05) is 20.8 Å². The second-order valence-corrected chi connectivity index (χ2v) is 12.2. The van der Waals surface area contributed by atoms with Crippen molar-refractivity contribution in [3.8, 4) is 5.75 Å². The number of amides is 2. The molecule has 6 nitrogen and oxygen atoms in total. The summed E-state index contributed by atoms with van der Waals surface area (Å²) in [7, 11) is 1.22. The van der Waals surface area contributed by atoms with Crippen LogP contribution in [-0.2, 0) is 11.3 Å². The molecule has 1 aromatic carbocycles. The van der Waals surface area contributed by atoms with Crippen molar-refractivity contribution in [2.24, 2.45) is 0 Å². The van der Waals surface area contributed by atoms with Gasteiger partial charge < -0.3 is 19.7 Å². The van der Waals surface area contributed by atoms with Crippen LogP contribution in [0.4, 0.5) is 4.79 Å². The predicted molar refractivity (Wildman–Crippen MR) is 90.4 cm³/mol. The van der Waals surface area contributed by atoms with Gasteiger partial charge in [0, 0.05) is 24.3 Å². The highest BCUT2D eigenvalue weighted by Gasteiger charge is 2.35. The number of fused-ring (bicyclic) bond motifs is 1. The van der Waals surface area contributed by atoms with Crippen molar-refractivity contribution < 1.29 is 19.1 Å². The third-order valence-electron chi connectivity index (χ3n) is 4.12. The lowest BCUT2D eigenvalue weighted by molar-refractivity contribution is 0.0770. The van der Waals surface area contributed by atoms with Gasteiger partial charge in [0.05, 0.1) is 22.3 Å². The normalized spacial score (nSPS) is 15.2. The van der Waals surface area contributed by atoms with Crippen LogP contribution in [0.1, 0.15) is 15.9 Å². The number of hydrogen-bond acceptors (Lipinski definition) is 4. The number of hydrogen-bond donors (Lipinski definition) is 1. The number of nitrogens with one attached hydrogen (secondary N) is 1. The van der Waals surface area contributed by atoms with Gasteiger partial charge in [-0.1, -0.05) is 25.7 Å². The van der Waals surface area contributed by atoms with E-state index in [-0.39, 0.29) is 11.6 Å². The molecule has 0 bridgehead atoms. The molecule has 0 aromatic heterocycles. The first-order valence-electron chi connectivity index (χ1n) is 7.57. The first-order chi connectivity index (χ1) is 10.8. The number of ether oxygens (including phenoxy) is 2. The molecule has 0 radical (unpaired) electrons. The van der Waals surface area contributed by atoms with Crippen molar-refractivity contribution in [2.45, 2.75) is 31.9 Å². The largest absolute Gasteiger partial charge is 0.497 e. The van der Waals surface area contributed by atoms with Crippen molar-refractivity contribution in [3.05, 3.63) is 29.3 Å². The van der Waals surface area contributed by atoms with E-state index >= 15 is 0 Å². The Morgan fingerprint density at radius 1 is 1.35 bits per heavy atom. The molecule has 1 aliphatic rings. The van der Waals surface area contributed by atoms with Crippen LogP contribution in [0.15, 0.2) is 18.2 Å². The van der Waals surface area contributed by atoms with E-state index in [1.54, 1.807) is 18.1 Å². The van der Waals surface area contributed by atoms with Crippen LogP contribution in [0.25, 0.3) is 0 Å². The van der Waals surface area contributed by atoms with Gasteiger partial charge in [-0.3, -0.25) is 4.79 Å². The van der Waals surface area contributed by atoms with E-state index in [1.165, 1.54) is 7.11 Å². The van der Waals surface area contributed by atoms with Gasteiger partial charge in [0.15, 0.2) is 0 Å². The molecular formula is C16H24N2O4Si. The Bertz CT molecular complexity index is 613. The van der Waals surface area contributed by atoms with E-state index in [0.29, 0.717) is 24.4 Å². The van der Waals surface area contributed by atoms with Crippen LogP contribution in [0.5, 0.6) is 5.75 Å². The molecule has 2 rings (SSSR count). The molecule has 0 fully saturated rings. The van der Waals surface area contributed by atoms with Crippen LogP contribution in [-0.4, -0.2) is 51.4 Å². The van der Waals surface area contributed by atoms with Crippen molar-refractivity contribution >= 4 is 20.1 Å². The van der Waals surface area contributed by atoms with Gasteiger partial charge in [-0.05, 0) is 17.7 Å². The van der Waals surface area contributed by atoms with Crippen molar-refractivity contribution in [3.63, 3.8) is 0 Å². The quantitative estimate of drug-likeness (QED) is 0.838. The monoisotopic (exact) mass is 336 g/mol. The summed E-state index contributed by atoms with van der Waals surface area (Å²) in [6.07, 6.45) is -0.455. The molecule has 23 heavy (non-hydrogen) atoms. The standard InChI is InChI=1S/C16H24N2O4Si/c1-21-12-7-6-11-9-18(15(19)13(11)8-12)10-14(23(3,4)5)17-16(20)22-2/h6-8,14H,9-10H2,1-5H3,(H,17,20)/t14-/m1/s1. The summed E-state index contributed by atoms with van der Waals surface area (Å²) in [5.41, 5.74) is 1.59. The molecule has 126 valence electrons. The zero-order valence-corrected chi connectivity index (χ0v) is 15.3. The third-order valence-corrected chi connectivity index (χ3v) is 6.54. The Labute approximate surface area is 137 Å². The molecule has 1 aliphatic heterocycles. The molecule has 1 aromatic rings. The van der Waals surface area contributed by atoms with E-state index in [0.717, 1.165) is 5.56 Å². The number of nitrogens with zero attached hydrogens (tertiary/aromatic N) is 1. The second-order valence-electron chi connectivity index (χ2n) is 6.76. The number of alkyl carbamates (subject to hydrolysis) is 1. The fourth-order valence-electron chi connectivity index (χ4n) is 2.57. The summed E-state index contributed by atoms with van der Waals surface area (Å²) >= 11 is 0. The summed E-state index contributed by atoms with van der Waals surface area (Å²) in [5.74, 6) is 0.655. The number of carbonyl (C=O) groups excluding carboxylic acids is 2. The van der Waals surface area contributed by atoms with Crippen LogP contribution >= 0.6 is 0 Å². The zero-order valence-electron chi connectivity index (χ0n) is 14.3. The van der Waals surface area contributed by atoms with Crippen LogP contribution < -0.4 is 10.1 Å². The molecule has 1 N–H and O–H groups in total. The smallest absolute Gasteiger partial charge is 0.406 e. The maximum Gasteiger partial charge on any atom is 0.406 e. The summed E-state index contributed by atoms with van der Waals surface area (Å²) in [6, 6.07) is 5.55. The number of rotatable bonds is 5.